The summed E-state index contributed by atoms with van der Waals surface area (Å²) in [5, 5.41) is 20.4. The summed E-state index contributed by atoms with van der Waals surface area (Å²) in [6, 6.07) is 14.4. The quantitative estimate of drug-likeness (QED) is 0.819. The minimum atomic E-state index is -1.95. The monoisotopic (exact) mass is 254 g/mol. The Kier molecular flexibility index (Phi) is 2.64. The third kappa shape index (κ3) is 1.66. The number of carboxylic acid groups (broad SMARTS) is 1. The van der Waals surface area contributed by atoms with Crippen molar-refractivity contribution >= 4 is 5.97 Å². The highest BCUT2D eigenvalue weighted by molar-refractivity contribution is 5.85. The predicted octanol–water partition coefficient (Wildman–Crippen LogP) is 2.11. The molecule has 1 aliphatic carbocycles. The minimum absolute atomic E-state index is 0.479. The van der Waals surface area contributed by atoms with Crippen LogP contribution >= 0.6 is 0 Å². The largest absolute Gasteiger partial charge is 0.479 e. The minimum Gasteiger partial charge on any atom is -0.479 e. The average molecular weight is 254 g/mol. The molecular formula is C16H14O3. The molecule has 3 heteroatoms. The highest BCUT2D eigenvalue weighted by atomic mass is 16.4. The Morgan fingerprint density at radius 3 is 1.74 bits per heavy atom. The van der Waals surface area contributed by atoms with Crippen LogP contribution in [-0.2, 0) is 23.2 Å². The highest BCUT2D eigenvalue weighted by Crippen LogP contribution is 2.37. The number of carboxylic acids is 1. The lowest BCUT2D eigenvalue weighted by molar-refractivity contribution is -0.155. The first-order valence-electron chi connectivity index (χ1n) is 6.26. The zero-order valence-corrected chi connectivity index (χ0v) is 10.3. The van der Waals surface area contributed by atoms with Gasteiger partial charge in [-0.2, -0.15) is 0 Å². The molecule has 3 nitrogen and oxygen atoms in total. The summed E-state index contributed by atoms with van der Waals surface area (Å²) in [5.74, 6) is -1.23. The van der Waals surface area contributed by atoms with Crippen LogP contribution in [0.5, 0.6) is 0 Å². The number of aryl methyl sites for hydroxylation is 2. The second kappa shape index (κ2) is 4.21. The number of hydrogen-bond acceptors (Lipinski definition) is 2. The Labute approximate surface area is 111 Å². The van der Waals surface area contributed by atoms with E-state index in [0.717, 1.165) is 24.0 Å². The Morgan fingerprint density at radius 2 is 1.32 bits per heavy atom. The zero-order chi connectivity index (χ0) is 13.5. The summed E-state index contributed by atoms with van der Waals surface area (Å²) in [5.41, 5.74) is 0.788. The van der Waals surface area contributed by atoms with Crippen LogP contribution in [-0.4, -0.2) is 16.2 Å². The maximum atomic E-state index is 11.7. The van der Waals surface area contributed by atoms with E-state index in [-0.39, 0.29) is 0 Å². The van der Waals surface area contributed by atoms with E-state index in [4.69, 9.17) is 0 Å². The molecule has 0 atom stereocenters. The lowest BCUT2D eigenvalue weighted by atomic mass is 9.83. The number of fused-ring (bicyclic) bond motifs is 2. The molecule has 0 saturated heterocycles. The third-order valence-corrected chi connectivity index (χ3v) is 3.79. The lowest BCUT2D eigenvalue weighted by Crippen LogP contribution is -2.37. The molecule has 0 saturated carbocycles. The van der Waals surface area contributed by atoms with E-state index < -0.39 is 11.6 Å². The van der Waals surface area contributed by atoms with Crippen molar-refractivity contribution in [1.29, 1.82) is 0 Å². The molecule has 0 radical (unpaired) electrons. The molecule has 0 fully saturated rings. The molecule has 19 heavy (non-hydrogen) atoms. The van der Waals surface area contributed by atoms with Crippen LogP contribution in [0.3, 0.4) is 0 Å². The Morgan fingerprint density at radius 1 is 0.895 bits per heavy atom. The molecular weight excluding hydrogens is 240 g/mol. The first-order chi connectivity index (χ1) is 9.14. The Balaban J connectivity index is 2.35. The van der Waals surface area contributed by atoms with Crippen LogP contribution in [0.2, 0.25) is 0 Å². The molecule has 2 aromatic carbocycles. The van der Waals surface area contributed by atoms with Crippen molar-refractivity contribution in [3.63, 3.8) is 0 Å². The van der Waals surface area contributed by atoms with E-state index in [9.17, 15) is 15.0 Å². The van der Waals surface area contributed by atoms with Gasteiger partial charge in [-0.1, -0.05) is 48.5 Å². The van der Waals surface area contributed by atoms with Crippen molar-refractivity contribution in [3.05, 3.63) is 70.8 Å². The van der Waals surface area contributed by atoms with E-state index in [0.29, 0.717) is 11.1 Å². The molecule has 0 spiro atoms. The Hall–Kier alpha value is -2.13. The van der Waals surface area contributed by atoms with Gasteiger partial charge in [-0.15, -0.1) is 0 Å². The van der Waals surface area contributed by atoms with Crippen molar-refractivity contribution in [1.82, 2.24) is 0 Å². The van der Waals surface area contributed by atoms with Gasteiger partial charge in [-0.25, -0.2) is 4.79 Å². The van der Waals surface area contributed by atoms with Crippen LogP contribution in [0.25, 0.3) is 0 Å². The number of benzene rings is 2. The molecule has 1 aliphatic rings. The number of hydrogen-bond donors (Lipinski definition) is 2. The van der Waals surface area contributed by atoms with Gasteiger partial charge in [0.1, 0.15) is 0 Å². The van der Waals surface area contributed by atoms with Crippen molar-refractivity contribution < 1.29 is 15.0 Å². The second-order valence-electron chi connectivity index (χ2n) is 4.83. The van der Waals surface area contributed by atoms with Gasteiger partial charge < -0.3 is 10.2 Å². The smallest absolute Gasteiger partial charge is 0.345 e. The van der Waals surface area contributed by atoms with Gasteiger partial charge in [-0.3, -0.25) is 0 Å². The van der Waals surface area contributed by atoms with E-state index in [1.807, 2.05) is 24.3 Å². The third-order valence-electron chi connectivity index (χ3n) is 3.79. The Bertz CT molecular complexity index is 598. The van der Waals surface area contributed by atoms with Gasteiger partial charge in [0, 0.05) is 11.1 Å². The molecule has 0 aliphatic heterocycles. The molecule has 0 amide bonds. The maximum Gasteiger partial charge on any atom is 0.345 e. The lowest BCUT2D eigenvalue weighted by Gasteiger charge is -2.26. The number of carbonyl (C=O) groups is 1. The fourth-order valence-corrected chi connectivity index (χ4v) is 2.83. The van der Waals surface area contributed by atoms with Gasteiger partial charge in [0.05, 0.1) is 0 Å². The summed E-state index contributed by atoms with van der Waals surface area (Å²) >= 11 is 0. The van der Waals surface area contributed by atoms with Gasteiger partial charge >= 0.3 is 5.97 Å². The predicted molar refractivity (Wildman–Crippen MR) is 70.9 cm³/mol. The molecule has 0 heterocycles. The van der Waals surface area contributed by atoms with Gasteiger partial charge in [-0.05, 0) is 24.0 Å². The molecule has 0 bridgehead atoms. The van der Waals surface area contributed by atoms with E-state index in [1.165, 1.54) is 0 Å². The van der Waals surface area contributed by atoms with E-state index in [1.54, 1.807) is 24.3 Å². The van der Waals surface area contributed by atoms with Crippen molar-refractivity contribution in [2.75, 3.05) is 0 Å². The van der Waals surface area contributed by atoms with Gasteiger partial charge in [0.15, 0.2) is 0 Å². The number of aliphatic carboxylic acids is 1. The molecule has 2 N–H and O–H groups in total. The van der Waals surface area contributed by atoms with Gasteiger partial charge in [0.2, 0.25) is 5.60 Å². The summed E-state index contributed by atoms with van der Waals surface area (Å²) in [6.45, 7) is 0. The van der Waals surface area contributed by atoms with Crippen LogP contribution in [0.1, 0.15) is 22.3 Å². The molecule has 0 unspecified atom stereocenters. The van der Waals surface area contributed by atoms with Crippen molar-refractivity contribution in [2.45, 2.75) is 18.4 Å². The van der Waals surface area contributed by atoms with Crippen LogP contribution in [0.15, 0.2) is 48.5 Å². The number of rotatable bonds is 1. The van der Waals surface area contributed by atoms with Crippen LogP contribution < -0.4 is 0 Å². The zero-order valence-electron chi connectivity index (χ0n) is 10.3. The van der Waals surface area contributed by atoms with Crippen molar-refractivity contribution in [2.24, 2.45) is 0 Å². The fourth-order valence-electron chi connectivity index (χ4n) is 2.83. The normalized spacial score (nSPS) is 16.1. The molecule has 0 aromatic heterocycles. The fraction of sp³-hybridized carbons (Fsp3) is 0.188. The first-order valence-corrected chi connectivity index (χ1v) is 6.26. The first kappa shape index (κ1) is 11.9. The summed E-state index contributed by atoms with van der Waals surface area (Å²) in [4.78, 5) is 11.7. The molecule has 2 aromatic rings. The number of aliphatic hydroxyl groups is 1. The summed E-state index contributed by atoms with van der Waals surface area (Å²) in [7, 11) is 0. The second-order valence-corrected chi connectivity index (χ2v) is 4.83. The topological polar surface area (TPSA) is 57.5 Å². The maximum absolute atomic E-state index is 11.7. The standard InChI is InChI=1S/C16H14O3/c17-15(18)16(19)13-7-3-1-5-11(13)9-10-12-6-2-4-8-14(12)16/h1-8,19H,9-10H2,(H,17,18). The highest BCUT2D eigenvalue weighted by Gasteiger charge is 2.44. The van der Waals surface area contributed by atoms with E-state index in [2.05, 4.69) is 0 Å². The van der Waals surface area contributed by atoms with Crippen molar-refractivity contribution in [3.8, 4) is 0 Å². The summed E-state index contributed by atoms with van der Waals surface area (Å²) < 4.78 is 0. The average Bonchev–Trinajstić information content (AvgIpc) is 2.56. The molecule has 96 valence electrons. The van der Waals surface area contributed by atoms with E-state index >= 15 is 0 Å². The molecule has 3 rings (SSSR count). The summed E-state index contributed by atoms with van der Waals surface area (Å²) in [6.07, 6.45) is 1.48. The van der Waals surface area contributed by atoms with Crippen LogP contribution in [0.4, 0.5) is 0 Å². The SMILES string of the molecule is O=C(O)C1(O)c2ccccc2CCc2ccccc21. The van der Waals surface area contributed by atoms with Crippen LogP contribution in [0, 0.1) is 0 Å². The van der Waals surface area contributed by atoms with Gasteiger partial charge in [0.25, 0.3) is 0 Å².